The summed E-state index contributed by atoms with van der Waals surface area (Å²) in [4.78, 5) is 16.3. The predicted octanol–water partition coefficient (Wildman–Crippen LogP) is 3.14. The highest BCUT2D eigenvalue weighted by atomic mass is 32.2. The molecule has 0 aliphatic carbocycles. The second kappa shape index (κ2) is 7.26. The summed E-state index contributed by atoms with van der Waals surface area (Å²) in [5.74, 6) is -0.390. The van der Waals surface area contributed by atoms with Crippen LogP contribution in [0.5, 0.6) is 5.75 Å². The number of nitrogens with zero attached hydrogens (tertiary/aromatic N) is 2. The number of carbonyl (C=O) groups excluding carboxylic acids is 1. The van der Waals surface area contributed by atoms with E-state index in [9.17, 15) is 13.6 Å². The molecule has 0 aliphatic heterocycles. The lowest BCUT2D eigenvalue weighted by molar-refractivity contribution is -0.115. The number of nitrogens with one attached hydrogen (secondary N) is 1. The fourth-order valence-electron chi connectivity index (χ4n) is 1.68. The van der Waals surface area contributed by atoms with Crippen LogP contribution in [0.15, 0.2) is 41.8 Å². The highest BCUT2D eigenvalue weighted by molar-refractivity contribution is 8.00. The molecule has 0 aliphatic rings. The van der Waals surface area contributed by atoms with E-state index in [4.69, 9.17) is 0 Å². The van der Waals surface area contributed by atoms with E-state index in [1.807, 2.05) is 7.05 Å². The second-order valence-electron chi connectivity index (χ2n) is 4.44. The van der Waals surface area contributed by atoms with E-state index in [0.29, 0.717) is 5.16 Å². The summed E-state index contributed by atoms with van der Waals surface area (Å²) in [5, 5.41) is 2.84. The Morgan fingerprint density at radius 3 is 2.77 bits per heavy atom. The van der Waals surface area contributed by atoms with E-state index in [1.165, 1.54) is 23.9 Å². The van der Waals surface area contributed by atoms with Gasteiger partial charge < -0.3 is 14.6 Å². The van der Waals surface area contributed by atoms with E-state index in [-0.39, 0.29) is 17.3 Å². The van der Waals surface area contributed by atoms with Gasteiger partial charge in [-0.3, -0.25) is 4.79 Å². The summed E-state index contributed by atoms with van der Waals surface area (Å²) in [7, 11) is 1.83. The zero-order chi connectivity index (χ0) is 16.1. The molecule has 8 heteroatoms. The van der Waals surface area contributed by atoms with Crippen LogP contribution in [0.2, 0.25) is 0 Å². The first-order chi connectivity index (χ1) is 10.5. The molecule has 2 rings (SSSR count). The minimum Gasteiger partial charge on any atom is -0.433 e. The van der Waals surface area contributed by atoms with Gasteiger partial charge in [-0.05, 0) is 19.1 Å². The zero-order valence-corrected chi connectivity index (χ0v) is 12.8. The molecular weight excluding hydrogens is 312 g/mol. The maximum atomic E-state index is 12.3. The number of benzene rings is 1. The van der Waals surface area contributed by atoms with Crippen LogP contribution in [0, 0.1) is 0 Å². The van der Waals surface area contributed by atoms with Crippen molar-refractivity contribution in [2.45, 2.75) is 23.9 Å². The van der Waals surface area contributed by atoms with Crippen LogP contribution < -0.4 is 10.1 Å². The van der Waals surface area contributed by atoms with Gasteiger partial charge in [0.25, 0.3) is 0 Å². The average molecular weight is 327 g/mol. The van der Waals surface area contributed by atoms with Gasteiger partial charge in [-0.1, -0.05) is 23.9 Å². The smallest absolute Gasteiger partial charge is 0.387 e. The Morgan fingerprint density at radius 1 is 1.41 bits per heavy atom. The number of halogens is 2. The van der Waals surface area contributed by atoms with Crippen molar-refractivity contribution < 1.29 is 18.3 Å². The van der Waals surface area contributed by atoms with Crippen molar-refractivity contribution in [1.29, 1.82) is 0 Å². The van der Waals surface area contributed by atoms with Gasteiger partial charge in [-0.25, -0.2) is 4.98 Å². The number of alkyl halides is 2. The molecule has 5 nitrogen and oxygen atoms in total. The highest BCUT2D eigenvalue weighted by Gasteiger charge is 2.18. The van der Waals surface area contributed by atoms with Crippen molar-refractivity contribution in [1.82, 2.24) is 9.55 Å². The molecular formula is C14H15F2N3O2S. The molecule has 118 valence electrons. The van der Waals surface area contributed by atoms with Crippen molar-refractivity contribution in [3.8, 4) is 5.75 Å². The molecule has 0 bridgehead atoms. The van der Waals surface area contributed by atoms with Crippen molar-refractivity contribution in [2.75, 3.05) is 5.32 Å². The normalized spacial score (nSPS) is 12.2. The quantitative estimate of drug-likeness (QED) is 0.828. The number of para-hydroxylation sites is 2. The number of amides is 1. The average Bonchev–Trinajstić information content (AvgIpc) is 2.85. The number of aromatic nitrogens is 2. The van der Waals surface area contributed by atoms with Gasteiger partial charge >= 0.3 is 6.61 Å². The SMILES string of the molecule is CC(Sc1nccn1C)C(=O)Nc1ccccc1OC(F)F. The number of carbonyl (C=O) groups is 1. The monoisotopic (exact) mass is 327 g/mol. The fourth-order valence-corrected chi connectivity index (χ4v) is 2.51. The number of rotatable bonds is 6. The lowest BCUT2D eigenvalue weighted by atomic mass is 10.3. The largest absolute Gasteiger partial charge is 0.433 e. The topological polar surface area (TPSA) is 56.2 Å². The summed E-state index contributed by atoms with van der Waals surface area (Å²) in [5.41, 5.74) is 0.208. The molecule has 0 spiro atoms. The molecule has 0 saturated heterocycles. The minimum absolute atomic E-state index is 0.0694. The zero-order valence-electron chi connectivity index (χ0n) is 12.0. The van der Waals surface area contributed by atoms with Gasteiger partial charge in [0.05, 0.1) is 10.9 Å². The lowest BCUT2D eigenvalue weighted by Gasteiger charge is -2.14. The number of hydrogen-bond donors (Lipinski definition) is 1. The third-order valence-electron chi connectivity index (χ3n) is 2.79. The van der Waals surface area contributed by atoms with Gasteiger partial charge in [0, 0.05) is 19.4 Å². The van der Waals surface area contributed by atoms with Crippen LogP contribution in [0.3, 0.4) is 0 Å². The van der Waals surface area contributed by atoms with Crippen molar-refractivity contribution in [3.05, 3.63) is 36.7 Å². The molecule has 1 N–H and O–H groups in total. The standard InChI is InChI=1S/C14H15F2N3O2S/c1-9(22-14-17-7-8-19(14)2)12(20)18-10-5-3-4-6-11(10)21-13(15)16/h3-9,13H,1-2H3,(H,18,20). The Bertz CT molecular complexity index is 649. The second-order valence-corrected chi connectivity index (χ2v) is 5.75. The summed E-state index contributed by atoms with van der Waals surface area (Å²) in [6.07, 6.45) is 3.41. The first-order valence-corrected chi connectivity index (χ1v) is 7.34. The summed E-state index contributed by atoms with van der Waals surface area (Å²) in [6.45, 7) is -1.23. The molecule has 0 saturated carbocycles. The molecule has 1 aromatic carbocycles. The van der Waals surface area contributed by atoms with Gasteiger partial charge in [-0.2, -0.15) is 8.78 Å². The first kappa shape index (κ1) is 16.3. The Labute approximate surface area is 130 Å². The van der Waals surface area contributed by atoms with Crippen LogP contribution >= 0.6 is 11.8 Å². The number of thioether (sulfide) groups is 1. The van der Waals surface area contributed by atoms with E-state index in [2.05, 4.69) is 15.0 Å². The van der Waals surface area contributed by atoms with E-state index in [1.54, 1.807) is 36.0 Å². The van der Waals surface area contributed by atoms with Gasteiger partial charge in [-0.15, -0.1) is 0 Å². The van der Waals surface area contributed by atoms with Gasteiger partial charge in [0.1, 0.15) is 5.75 Å². The molecule has 22 heavy (non-hydrogen) atoms. The number of ether oxygens (including phenoxy) is 1. The van der Waals surface area contributed by atoms with Gasteiger partial charge in [0.15, 0.2) is 5.16 Å². The molecule has 1 unspecified atom stereocenters. The highest BCUT2D eigenvalue weighted by Crippen LogP contribution is 2.27. The maximum Gasteiger partial charge on any atom is 0.387 e. The van der Waals surface area contributed by atoms with Crippen molar-refractivity contribution >= 4 is 23.4 Å². The van der Waals surface area contributed by atoms with Crippen LogP contribution in [0.1, 0.15) is 6.92 Å². The number of imidazole rings is 1. The Balaban J connectivity index is 2.04. The molecule has 0 fully saturated rings. The van der Waals surface area contributed by atoms with Gasteiger partial charge in [0.2, 0.25) is 5.91 Å². The van der Waals surface area contributed by atoms with E-state index in [0.717, 1.165) is 0 Å². The lowest BCUT2D eigenvalue weighted by Crippen LogP contribution is -2.23. The molecule has 2 aromatic rings. The van der Waals surface area contributed by atoms with Crippen molar-refractivity contribution in [2.24, 2.45) is 7.05 Å². The summed E-state index contributed by atoms with van der Waals surface area (Å²) < 4.78 is 30.9. The Hall–Kier alpha value is -2.09. The molecule has 1 aromatic heterocycles. The summed E-state index contributed by atoms with van der Waals surface area (Å²) in [6, 6.07) is 6.07. The van der Waals surface area contributed by atoms with Crippen molar-refractivity contribution in [3.63, 3.8) is 0 Å². The number of anilines is 1. The third kappa shape index (κ3) is 4.20. The predicted molar refractivity (Wildman–Crippen MR) is 80.2 cm³/mol. The van der Waals surface area contributed by atoms with Crippen LogP contribution in [-0.2, 0) is 11.8 Å². The van der Waals surface area contributed by atoms with E-state index < -0.39 is 11.9 Å². The van der Waals surface area contributed by atoms with Crippen LogP contribution in [0.25, 0.3) is 0 Å². The van der Waals surface area contributed by atoms with Crippen LogP contribution in [0.4, 0.5) is 14.5 Å². The number of hydrogen-bond acceptors (Lipinski definition) is 4. The molecule has 1 atom stereocenters. The Morgan fingerprint density at radius 2 is 2.14 bits per heavy atom. The summed E-state index contributed by atoms with van der Waals surface area (Å²) >= 11 is 1.27. The molecule has 0 radical (unpaired) electrons. The Kier molecular flexibility index (Phi) is 5.37. The molecule has 1 heterocycles. The maximum absolute atomic E-state index is 12.3. The van der Waals surface area contributed by atoms with E-state index >= 15 is 0 Å². The minimum atomic E-state index is -2.95. The first-order valence-electron chi connectivity index (χ1n) is 6.46. The molecule has 1 amide bonds. The number of aryl methyl sites for hydroxylation is 1. The fraction of sp³-hybridized carbons (Fsp3) is 0.286. The van der Waals surface area contributed by atoms with Crippen LogP contribution in [-0.4, -0.2) is 27.3 Å². The third-order valence-corrected chi connectivity index (χ3v) is 3.96.